The number of benzene rings is 1. The van der Waals surface area contributed by atoms with Crippen molar-refractivity contribution < 1.29 is 28.7 Å². The van der Waals surface area contributed by atoms with Crippen molar-refractivity contribution in [2.75, 3.05) is 0 Å². The van der Waals surface area contributed by atoms with Gasteiger partial charge in [-0.05, 0) is 18.6 Å². The van der Waals surface area contributed by atoms with Crippen molar-refractivity contribution in [2.45, 2.75) is 46.1 Å². The molecule has 1 rings (SSSR count). The molecule has 0 bridgehead atoms. The monoisotopic (exact) mass is 350 g/mol. The molecular weight excluding hydrogens is 328 g/mol. The van der Waals surface area contributed by atoms with Gasteiger partial charge in [0.15, 0.2) is 11.5 Å². The van der Waals surface area contributed by atoms with Crippen LogP contribution < -0.4 is 20.5 Å². The Morgan fingerprint density at radius 3 is 2.28 bits per heavy atom. The third-order valence-corrected chi connectivity index (χ3v) is 3.22. The number of hydrogen-bond acceptors (Lipinski definition) is 6. The van der Waals surface area contributed by atoms with Crippen LogP contribution in [0, 0.1) is 0 Å². The zero-order chi connectivity index (χ0) is 19.0. The Balaban J connectivity index is 3.16. The SMILES string of the molecule is CCCCC(NC(=O)c1cccc(OC(C)=O)c1OC(C)=O)C(N)=O. The molecule has 0 heterocycles. The zero-order valence-electron chi connectivity index (χ0n) is 14.5. The van der Waals surface area contributed by atoms with Crippen molar-refractivity contribution in [3.63, 3.8) is 0 Å². The number of carbonyl (C=O) groups excluding carboxylic acids is 4. The second kappa shape index (κ2) is 9.41. The number of ether oxygens (including phenoxy) is 2. The van der Waals surface area contributed by atoms with E-state index < -0.39 is 29.8 Å². The fraction of sp³-hybridized carbons (Fsp3) is 0.412. The summed E-state index contributed by atoms with van der Waals surface area (Å²) >= 11 is 0. The van der Waals surface area contributed by atoms with Gasteiger partial charge in [0.1, 0.15) is 6.04 Å². The highest BCUT2D eigenvalue weighted by Crippen LogP contribution is 2.32. The minimum absolute atomic E-state index is 0.0447. The van der Waals surface area contributed by atoms with Crippen LogP contribution in [-0.4, -0.2) is 29.8 Å². The van der Waals surface area contributed by atoms with E-state index in [9.17, 15) is 19.2 Å². The lowest BCUT2D eigenvalue weighted by atomic mass is 10.1. The van der Waals surface area contributed by atoms with E-state index in [1.54, 1.807) is 0 Å². The molecule has 8 heteroatoms. The second-order valence-corrected chi connectivity index (χ2v) is 5.39. The van der Waals surface area contributed by atoms with Crippen LogP contribution in [-0.2, 0) is 14.4 Å². The van der Waals surface area contributed by atoms with E-state index in [-0.39, 0.29) is 17.1 Å². The van der Waals surface area contributed by atoms with Gasteiger partial charge in [-0.25, -0.2) is 0 Å². The van der Waals surface area contributed by atoms with Crippen LogP contribution in [0.5, 0.6) is 11.5 Å². The first-order chi connectivity index (χ1) is 11.8. The molecule has 0 fully saturated rings. The Morgan fingerprint density at radius 1 is 1.12 bits per heavy atom. The van der Waals surface area contributed by atoms with Crippen molar-refractivity contribution in [2.24, 2.45) is 5.73 Å². The summed E-state index contributed by atoms with van der Waals surface area (Å²) in [5.41, 5.74) is 5.27. The predicted octanol–water partition coefficient (Wildman–Crippen LogP) is 1.31. The van der Waals surface area contributed by atoms with Crippen LogP contribution in [0.2, 0.25) is 0 Å². The Morgan fingerprint density at radius 2 is 1.76 bits per heavy atom. The van der Waals surface area contributed by atoms with Gasteiger partial charge in [-0.3, -0.25) is 19.2 Å². The highest BCUT2D eigenvalue weighted by molar-refractivity contribution is 6.01. The molecule has 0 aliphatic rings. The number of esters is 2. The summed E-state index contributed by atoms with van der Waals surface area (Å²) in [5.74, 6) is -2.91. The van der Waals surface area contributed by atoms with Gasteiger partial charge in [-0.15, -0.1) is 0 Å². The Labute approximate surface area is 145 Å². The van der Waals surface area contributed by atoms with Crippen molar-refractivity contribution in [1.82, 2.24) is 5.32 Å². The maximum absolute atomic E-state index is 12.5. The molecule has 8 nitrogen and oxygen atoms in total. The van der Waals surface area contributed by atoms with Gasteiger partial charge in [0, 0.05) is 13.8 Å². The standard InChI is InChI=1S/C17H22N2O6/c1-4-5-8-13(16(18)22)19-17(23)12-7-6-9-14(24-10(2)20)15(12)25-11(3)21/h6-7,9,13H,4-5,8H2,1-3H3,(H2,18,22)(H,19,23). The molecule has 1 aromatic carbocycles. The molecule has 0 saturated carbocycles. The number of carbonyl (C=O) groups is 4. The lowest BCUT2D eigenvalue weighted by molar-refractivity contribution is -0.134. The van der Waals surface area contributed by atoms with E-state index >= 15 is 0 Å². The average molecular weight is 350 g/mol. The van der Waals surface area contributed by atoms with Crippen molar-refractivity contribution in [1.29, 1.82) is 0 Å². The highest BCUT2D eigenvalue weighted by Gasteiger charge is 2.24. The summed E-state index contributed by atoms with van der Waals surface area (Å²) in [4.78, 5) is 46.5. The topological polar surface area (TPSA) is 125 Å². The Hall–Kier alpha value is -2.90. The van der Waals surface area contributed by atoms with Crippen LogP contribution in [0.3, 0.4) is 0 Å². The summed E-state index contributed by atoms with van der Waals surface area (Å²) in [7, 11) is 0. The minimum atomic E-state index is -0.852. The third-order valence-electron chi connectivity index (χ3n) is 3.22. The molecule has 1 aromatic rings. The Kier molecular flexibility index (Phi) is 7.58. The normalized spacial score (nSPS) is 11.3. The number of rotatable bonds is 8. The van der Waals surface area contributed by atoms with Crippen LogP contribution in [0.15, 0.2) is 18.2 Å². The zero-order valence-corrected chi connectivity index (χ0v) is 14.5. The molecule has 0 aliphatic carbocycles. The molecule has 0 saturated heterocycles. The molecule has 3 N–H and O–H groups in total. The first kappa shape index (κ1) is 20.1. The molecule has 2 amide bonds. The quantitative estimate of drug-likeness (QED) is 0.538. The number of para-hydroxylation sites is 1. The molecule has 1 atom stereocenters. The summed E-state index contributed by atoms with van der Waals surface area (Å²) in [5, 5.41) is 2.52. The first-order valence-electron chi connectivity index (χ1n) is 7.86. The van der Waals surface area contributed by atoms with Crippen molar-refractivity contribution in [3.8, 4) is 11.5 Å². The number of unbranched alkanes of at least 4 members (excludes halogenated alkanes) is 1. The smallest absolute Gasteiger partial charge is 0.308 e. The molecular formula is C17H22N2O6. The average Bonchev–Trinajstić information content (AvgIpc) is 2.51. The number of amides is 2. The fourth-order valence-electron chi connectivity index (χ4n) is 2.11. The molecule has 0 spiro atoms. The number of primary amides is 1. The fourth-order valence-corrected chi connectivity index (χ4v) is 2.11. The molecule has 136 valence electrons. The van der Waals surface area contributed by atoms with Gasteiger partial charge in [-0.2, -0.15) is 0 Å². The lowest BCUT2D eigenvalue weighted by Crippen LogP contribution is -2.44. The van der Waals surface area contributed by atoms with Crippen LogP contribution >= 0.6 is 0 Å². The molecule has 1 unspecified atom stereocenters. The maximum Gasteiger partial charge on any atom is 0.308 e. The van der Waals surface area contributed by atoms with Gasteiger partial charge >= 0.3 is 11.9 Å². The van der Waals surface area contributed by atoms with Crippen LogP contribution in [0.25, 0.3) is 0 Å². The molecule has 0 aromatic heterocycles. The van der Waals surface area contributed by atoms with Crippen LogP contribution in [0.1, 0.15) is 50.4 Å². The van der Waals surface area contributed by atoms with Gasteiger partial charge in [0.2, 0.25) is 5.91 Å². The summed E-state index contributed by atoms with van der Waals surface area (Å²) in [6.45, 7) is 4.28. The van der Waals surface area contributed by atoms with E-state index in [0.29, 0.717) is 12.8 Å². The first-order valence-corrected chi connectivity index (χ1v) is 7.86. The van der Waals surface area contributed by atoms with E-state index in [2.05, 4.69) is 5.32 Å². The number of hydrogen-bond donors (Lipinski definition) is 2. The number of nitrogens with two attached hydrogens (primary N) is 1. The summed E-state index contributed by atoms with van der Waals surface area (Å²) < 4.78 is 10.00. The van der Waals surface area contributed by atoms with Crippen LogP contribution in [0.4, 0.5) is 0 Å². The summed E-state index contributed by atoms with van der Waals surface area (Å²) in [6, 6.07) is 3.39. The van der Waals surface area contributed by atoms with E-state index in [4.69, 9.17) is 15.2 Å². The van der Waals surface area contributed by atoms with Crippen molar-refractivity contribution in [3.05, 3.63) is 23.8 Å². The number of nitrogens with one attached hydrogen (secondary N) is 1. The summed E-state index contributed by atoms with van der Waals surface area (Å²) in [6.07, 6.45) is 1.93. The third kappa shape index (κ3) is 6.25. The van der Waals surface area contributed by atoms with E-state index in [1.807, 2.05) is 6.92 Å². The van der Waals surface area contributed by atoms with Gasteiger partial charge in [0.05, 0.1) is 5.56 Å². The van der Waals surface area contributed by atoms with Gasteiger partial charge in [0.25, 0.3) is 5.91 Å². The minimum Gasteiger partial charge on any atom is -0.423 e. The molecule has 25 heavy (non-hydrogen) atoms. The van der Waals surface area contributed by atoms with Crippen molar-refractivity contribution >= 4 is 23.8 Å². The lowest BCUT2D eigenvalue weighted by Gasteiger charge is -2.17. The Bertz CT molecular complexity index is 671. The largest absolute Gasteiger partial charge is 0.423 e. The molecule has 0 radical (unpaired) electrons. The second-order valence-electron chi connectivity index (χ2n) is 5.39. The van der Waals surface area contributed by atoms with E-state index in [0.717, 1.165) is 13.3 Å². The van der Waals surface area contributed by atoms with E-state index in [1.165, 1.54) is 25.1 Å². The van der Waals surface area contributed by atoms with Gasteiger partial charge in [-0.1, -0.05) is 25.8 Å². The predicted molar refractivity (Wildman–Crippen MR) is 89.0 cm³/mol. The highest BCUT2D eigenvalue weighted by atomic mass is 16.6. The van der Waals surface area contributed by atoms with Gasteiger partial charge < -0.3 is 20.5 Å². The maximum atomic E-state index is 12.5. The molecule has 0 aliphatic heterocycles.